The fraction of sp³-hybridized carbons (Fsp3) is 0.211. The smallest absolute Gasteiger partial charge is 0.270 e. The highest BCUT2D eigenvalue weighted by Crippen LogP contribution is 2.27. The number of fused-ring (bicyclic) bond motifs is 1. The molecule has 0 radical (unpaired) electrons. The fourth-order valence-electron chi connectivity index (χ4n) is 2.86. The van der Waals surface area contributed by atoms with Gasteiger partial charge in [-0.2, -0.15) is 0 Å². The molecule has 3 rings (SSSR count). The number of nitro benzene ring substituents is 1. The third-order valence-corrected chi connectivity index (χ3v) is 5.42. The first kappa shape index (κ1) is 18.8. The minimum Gasteiger partial charge on any atom is -0.298 e. The Balaban J connectivity index is 1.51. The van der Waals surface area contributed by atoms with Crippen molar-refractivity contribution in [2.24, 2.45) is 0 Å². The summed E-state index contributed by atoms with van der Waals surface area (Å²) in [7, 11) is 0. The number of thioether (sulfide) groups is 1. The summed E-state index contributed by atoms with van der Waals surface area (Å²) in [6.07, 6.45) is 3.16. The summed E-state index contributed by atoms with van der Waals surface area (Å²) < 4.78 is 0. The number of carbonyl (C=O) groups excluding carboxylic acids is 3. The fourth-order valence-corrected chi connectivity index (χ4v) is 3.86. The first-order chi connectivity index (χ1) is 13.0. The highest BCUT2D eigenvalue weighted by atomic mass is 32.2. The maximum atomic E-state index is 11.7. The Hall–Kier alpha value is -3.00. The molecule has 0 bridgehead atoms. The highest BCUT2D eigenvalue weighted by molar-refractivity contribution is 7.99. The summed E-state index contributed by atoms with van der Waals surface area (Å²) in [6, 6.07) is 9.56. The molecule has 1 aliphatic rings. The Bertz CT molecular complexity index is 942. The Labute approximate surface area is 159 Å². The second kappa shape index (κ2) is 8.13. The number of benzene rings is 2. The summed E-state index contributed by atoms with van der Waals surface area (Å²) in [5.74, 6) is 0.0572. The van der Waals surface area contributed by atoms with E-state index in [9.17, 15) is 24.5 Å². The van der Waals surface area contributed by atoms with Gasteiger partial charge in [0.1, 0.15) is 0 Å². The van der Waals surface area contributed by atoms with Crippen LogP contribution in [0.4, 0.5) is 5.69 Å². The van der Waals surface area contributed by atoms with Crippen LogP contribution < -0.4 is 5.32 Å². The summed E-state index contributed by atoms with van der Waals surface area (Å²) in [5, 5.41) is 13.0. The van der Waals surface area contributed by atoms with Gasteiger partial charge in [0.25, 0.3) is 17.5 Å². The van der Waals surface area contributed by atoms with Crippen LogP contribution in [-0.2, 0) is 6.42 Å². The number of amides is 2. The second-order valence-electron chi connectivity index (χ2n) is 6.07. The van der Waals surface area contributed by atoms with Crippen LogP contribution in [0.5, 0.6) is 0 Å². The van der Waals surface area contributed by atoms with Crippen molar-refractivity contribution in [3.63, 3.8) is 0 Å². The number of imide groups is 1. The summed E-state index contributed by atoms with van der Waals surface area (Å²) in [4.78, 5) is 45.3. The number of nitrogens with zero attached hydrogens (tertiary/aromatic N) is 1. The van der Waals surface area contributed by atoms with Crippen LogP contribution in [0.3, 0.4) is 0 Å². The topological polar surface area (TPSA) is 106 Å². The molecule has 2 aromatic carbocycles. The van der Waals surface area contributed by atoms with Crippen molar-refractivity contribution in [2.75, 3.05) is 5.75 Å². The zero-order valence-electron chi connectivity index (χ0n) is 14.3. The lowest BCUT2D eigenvalue weighted by Gasteiger charge is -2.06. The third-order valence-electron chi connectivity index (χ3n) is 4.25. The largest absolute Gasteiger partial charge is 0.298 e. The standard InChI is InChI=1S/C19H16N2O5S/c22-11-13-10-14(21(25)26)5-7-17(13)27-8-2-1-3-12-4-6-15-16(9-12)19(24)20-18(15)23/h4-7,9-11H,1-3,8H2,(H,20,23,24). The van der Waals surface area contributed by atoms with Gasteiger partial charge in [0.05, 0.1) is 16.1 Å². The number of carbonyl (C=O) groups is 3. The molecule has 1 aliphatic heterocycles. The predicted octanol–water partition coefficient (Wildman–Crippen LogP) is 3.41. The first-order valence-electron chi connectivity index (χ1n) is 8.34. The van der Waals surface area contributed by atoms with Gasteiger partial charge >= 0.3 is 0 Å². The molecule has 1 heterocycles. The molecule has 8 heteroatoms. The molecule has 0 fully saturated rings. The molecule has 7 nitrogen and oxygen atoms in total. The zero-order chi connectivity index (χ0) is 19.4. The maximum Gasteiger partial charge on any atom is 0.270 e. The number of hydrogen-bond donors (Lipinski definition) is 1. The lowest BCUT2D eigenvalue weighted by molar-refractivity contribution is -0.384. The van der Waals surface area contributed by atoms with E-state index in [1.807, 2.05) is 6.07 Å². The van der Waals surface area contributed by atoms with Crippen LogP contribution in [0.1, 0.15) is 49.5 Å². The molecule has 2 amide bonds. The molecule has 0 unspecified atom stereocenters. The number of non-ortho nitro benzene ring substituents is 1. The minimum absolute atomic E-state index is 0.0967. The normalized spacial score (nSPS) is 12.6. The molecule has 2 aromatic rings. The van der Waals surface area contributed by atoms with Crippen LogP contribution in [0.25, 0.3) is 0 Å². The number of unbranched alkanes of at least 4 members (excludes halogenated alkanes) is 1. The van der Waals surface area contributed by atoms with E-state index < -0.39 is 4.92 Å². The highest BCUT2D eigenvalue weighted by Gasteiger charge is 2.26. The van der Waals surface area contributed by atoms with Gasteiger partial charge in [0, 0.05) is 22.6 Å². The number of aldehydes is 1. The van der Waals surface area contributed by atoms with Gasteiger partial charge in [0.15, 0.2) is 6.29 Å². The van der Waals surface area contributed by atoms with Gasteiger partial charge in [-0.05, 0) is 48.8 Å². The first-order valence-corrected chi connectivity index (χ1v) is 9.33. The van der Waals surface area contributed by atoms with Crippen molar-refractivity contribution in [3.8, 4) is 0 Å². The number of hydrogen-bond acceptors (Lipinski definition) is 6. The average Bonchev–Trinajstić information content (AvgIpc) is 2.95. The summed E-state index contributed by atoms with van der Waals surface area (Å²) in [5.41, 5.74) is 2.06. The van der Waals surface area contributed by atoms with Crippen molar-refractivity contribution in [2.45, 2.75) is 24.2 Å². The second-order valence-corrected chi connectivity index (χ2v) is 7.20. The number of aryl methyl sites for hydroxylation is 1. The van der Waals surface area contributed by atoms with Crippen molar-refractivity contribution in [1.82, 2.24) is 5.32 Å². The molecular formula is C19H16N2O5S. The number of nitrogens with one attached hydrogen (secondary N) is 1. The Morgan fingerprint density at radius 3 is 2.56 bits per heavy atom. The Morgan fingerprint density at radius 2 is 1.81 bits per heavy atom. The average molecular weight is 384 g/mol. The molecule has 0 aromatic heterocycles. The Morgan fingerprint density at radius 1 is 1.04 bits per heavy atom. The number of rotatable bonds is 8. The molecular weight excluding hydrogens is 368 g/mol. The van der Waals surface area contributed by atoms with E-state index in [1.165, 1.54) is 23.9 Å². The quantitative estimate of drug-likeness (QED) is 0.187. The molecule has 27 heavy (non-hydrogen) atoms. The van der Waals surface area contributed by atoms with Gasteiger partial charge in [-0.25, -0.2) is 0 Å². The monoisotopic (exact) mass is 384 g/mol. The molecule has 0 saturated heterocycles. The van der Waals surface area contributed by atoms with Gasteiger partial charge in [-0.3, -0.25) is 29.8 Å². The van der Waals surface area contributed by atoms with Crippen molar-refractivity contribution in [1.29, 1.82) is 0 Å². The van der Waals surface area contributed by atoms with E-state index in [0.29, 0.717) is 23.0 Å². The van der Waals surface area contributed by atoms with E-state index in [2.05, 4.69) is 5.32 Å². The van der Waals surface area contributed by atoms with E-state index in [0.717, 1.165) is 35.5 Å². The van der Waals surface area contributed by atoms with Crippen molar-refractivity contribution in [3.05, 3.63) is 68.8 Å². The van der Waals surface area contributed by atoms with E-state index >= 15 is 0 Å². The summed E-state index contributed by atoms with van der Waals surface area (Å²) >= 11 is 1.49. The molecule has 0 atom stereocenters. The molecule has 138 valence electrons. The van der Waals surface area contributed by atoms with Crippen molar-refractivity contribution < 1.29 is 19.3 Å². The van der Waals surface area contributed by atoms with Crippen LogP contribution in [0.15, 0.2) is 41.3 Å². The maximum absolute atomic E-state index is 11.7. The van der Waals surface area contributed by atoms with Crippen LogP contribution in [0.2, 0.25) is 0 Å². The SMILES string of the molecule is O=Cc1cc([N+](=O)[O-])ccc1SCCCCc1ccc2c(c1)C(=O)NC2=O. The lowest BCUT2D eigenvalue weighted by Crippen LogP contribution is -2.19. The third kappa shape index (κ3) is 4.22. The van der Waals surface area contributed by atoms with Gasteiger partial charge < -0.3 is 0 Å². The van der Waals surface area contributed by atoms with Crippen molar-refractivity contribution >= 4 is 35.5 Å². The molecule has 0 spiro atoms. The Kier molecular flexibility index (Phi) is 5.66. The van der Waals surface area contributed by atoms with E-state index in [-0.39, 0.29) is 17.5 Å². The van der Waals surface area contributed by atoms with Crippen LogP contribution >= 0.6 is 11.8 Å². The molecule has 1 N–H and O–H groups in total. The minimum atomic E-state index is -0.522. The predicted molar refractivity (Wildman–Crippen MR) is 100 cm³/mol. The van der Waals surface area contributed by atoms with E-state index in [1.54, 1.807) is 18.2 Å². The van der Waals surface area contributed by atoms with Gasteiger partial charge in [-0.15, -0.1) is 11.8 Å². The molecule has 0 aliphatic carbocycles. The summed E-state index contributed by atoms with van der Waals surface area (Å²) in [6.45, 7) is 0. The number of nitro groups is 1. The van der Waals surface area contributed by atoms with Gasteiger partial charge in [0.2, 0.25) is 0 Å². The lowest BCUT2D eigenvalue weighted by atomic mass is 10.0. The van der Waals surface area contributed by atoms with Crippen LogP contribution in [-0.4, -0.2) is 28.8 Å². The zero-order valence-corrected chi connectivity index (χ0v) is 15.1. The van der Waals surface area contributed by atoms with Crippen LogP contribution in [0, 0.1) is 10.1 Å². The van der Waals surface area contributed by atoms with E-state index in [4.69, 9.17) is 0 Å². The van der Waals surface area contributed by atoms with Gasteiger partial charge in [-0.1, -0.05) is 6.07 Å². The molecule has 0 saturated carbocycles.